The van der Waals surface area contributed by atoms with Crippen LogP contribution in [0.2, 0.25) is 0 Å². The van der Waals surface area contributed by atoms with E-state index in [1.165, 1.54) is 19.5 Å². The van der Waals surface area contributed by atoms with Gasteiger partial charge in [0, 0.05) is 17.3 Å². The summed E-state index contributed by atoms with van der Waals surface area (Å²) < 4.78 is 31.4. The molecule has 0 spiro atoms. The molecule has 5 N–H and O–H groups in total. The molecule has 3 rings (SSSR count). The standard InChI is InChI=1S/C18H16F2N6O2/c1-28-12-5-2-10(3-6-12)18(27)26-25-17-15(21)16(22-9-23-17)24-11-4-7-13(19)14(20)8-11/h2-9H,21H2,1H3,(H,26,27)(H2,22,23,24,25). The van der Waals surface area contributed by atoms with Crippen LogP contribution in [0, 0.1) is 11.6 Å². The average Bonchev–Trinajstić information content (AvgIpc) is 2.71. The predicted molar refractivity (Wildman–Crippen MR) is 100 cm³/mol. The summed E-state index contributed by atoms with van der Waals surface area (Å²) >= 11 is 0. The number of halogens is 2. The maximum atomic E-state index is 13.3. The number of aromatic nitrogens is 2. The van der Waals surface area contributed by atoms with Crippen LogP contribution < -0.4 is 26.6 Å². The molecule has 0 saturated carbocycles. The van der Waals surface area contributed by atoms with Crippen LogP contribution in [0.5, 0.6) is 5.75 Å². The number of carbonyl (C=O) groups excluding carboxylic acids is 1. The van der Waals surface area contributed by atoms with Crippen molar-refractivity contribution in [2.45, 2.75) is 0 Å². The number of nitrogen functional groups attached to an aromatic ring is 1. The Labute approximate surface area is 158 Å². The van der Waals surface area contributed by atoms with Gasteiger partial charge in [0.05, 0.1) is 7.11 Å². The number of anilines is 4. The van der Waals surface area contributed by atoms with E-state index < -0.39 is 17.5 Å². The lowest BCUT2D eigenvalue weighted by Gasteiger charge is -2.13. The van der Waals surface area contributed by atoms with Gasteiger partial charge in [0.25, 0.3) is 5.91 Å². The van der Waals surface area contributed by atoms with Gasteiger partial charge in [-0.1, -0.05) is 0 Å². The number of nitrogens with zero attached hydrogens (tertiary/aromatic N) is 2. The van der Waals surface area contributed by atoms with Crippen LogP contribution in [-0.2, 0) is 0 Å². The van der Waals surface area contributed by atoms with Crippen LogP contribution in [0.4, 0.5) is 31.8 Å². The van der Waals surface area contributed by atoms with Crippen molar-refractivity contribution in [3.8, 4) is 5.75 Å². The predicted octanol–water partition coefficient (Wildman–Crippen LogP) is 2.85. The number of nitrogens with one attached hydrogen (secondary N) is 3. The number of methoxy groups -OCH3 is 1. The normalized spacial score (nSPS) is 10.2. The van der Waals surface area contributed by atoms with Gasteiger partial charge in [-0.05, 0) is 36.4 Å². The van der Waals surface area contributed by atoms with E-state index in [-0.39, 0.29) is 23.0 Å². The highest BCUT2D eigenvalue weighted by molar-refractivity contribution is 5.95. The molecule has 0 unspecified atom stereocenters. The van der Waals surface area contributed by atoms with Gasteiger partial charge >= 0.3 is 0 Å². The van der Waals surface area contributed by atoms with Crippen molar-refractivity contribution in [1.82, 2.24) is 15.4 Å². The highest BCUT2D eigenvalue weighted by Gasteiger charge is 2.11. The minimum Gasteiger partial charge on any atom is -0.497 e. The molecule has 0 fully saturated rings. The molecule has 0 bridgehead atoms. The molecule has 0 aliphatic heterocycles. The van der Waals surface area contributed by atoms with E-state index in [0.29, 0.717) is 11.3 Å². The molecule has 1 amide bonds. The number of carbonyl (C=O) groups is 1. The highest BCUT2D eigenvalue weighted by atomic mass is 19.2. The summed E-state index contributed by atoms with van der Waals surface area (Å²) in [5.74, 6) is -1.50. The van der Waals surface area contributed by atoms with Crippen molar-refractivity contribution in [3.05, 3.63) is 66.0 Å². The number of hydrogen-bond donors (Lipinski definition) is 4. The van der Waals surface area contributed by atoms with E-state index in [1.807, 2.05) is 0 Å². The maximum absolute atomic E-state index is 13.3. The van der Waals surface area contributed by atoms with Crippen molar-refractivity contribution in [2.75, 3.05) is 23.6 Å². The van der Waals surface area contributed by atoms with Gasteiger partial charge < -0.3 is 15.8 Å². The van der Waals surface area contributed by atoms with E-state index in [0.717, 1.165) is 12.1 Å². The molecule has 1 aromatic heterocycles. The highest BCUT2D eigenvalue weighted by Crippen LogP contribution is 2.26. The summed E-state index contributed by atoms with van der Waals surface area (Å²) in [7, 11) is 1.53. The zero-order chi connectivity index (χ0) is 20.1. The lowest BCUT2D eigenvalue weighted by atomic mass is 10.2. The van der Waals surface area contributed by atoms with Crippen molar-refractivity contribution in [1.29, 1.82) is 0 Å². The van der Waals surface area contributed by atoms with Gasteiger partial charge in [0.1, 0.15) is 17.8 Å². The van der Waals surface area contributed by atoms with Crippen molar-refractivity contribution < 1.29 is 18.3 Å². The van der Waals surface area contributed by atoms with Crippen LogP contribution in [-0.4, -0.2) is 23.0 Å². The molecule has 144 valence electrons. The first-order valence-corrected chi connectivity index (χ1v) is 8.01. The monoisotopic (exact) mass is 386 g/mol. The first-order valence-electron chi connectivity index (χ1n) is 8.01. The first kappa shape index (κ1) is 18.8. The fraction of sp³-hybridized carbons (Fsp3) is 0.0556. The van der Waals surface area contributed by atoms with Crippen molar-refractivity contribution in [2.24, 2.45) is 0 Å². The van der Waals surface area contributed by atoms with Crippen molar-refractivity contribution in [3.63, 3.8) is 0 Å². The molecule has 10 heteroatoms. The quantitative estimate of drug-likeness (QED) is 0.482. The Hall–Kier alpha value is -3.95. The van der Waals surface area contributed by atoms with E-state index in [9.17, 15) is 13.6 Å². The number of benzene rings is 2. The van der Waals surface area contributed by atoms with E-state index in [1.54, 1.807) is 24.3 Å². The minimum atomic E-state index is -1.01. The van der Waals surface area contributed by atoms with Gasteiger partial charge in [-0.15, -0.1) is 0 Å². The second kappa shape index (κ2) is 8.16. The summed E-state index contributed by atoms with van der Waals surface area (Å²) in [5.41, 5.74) is 11.8. The lowest BCUT2D eigenvalue weighted by Crippen LogP contribution is -2.30. The fourth-order valence-electron chi connectivity index (χ4n) is 2.24. The first-order chi connectivity index (χ1) is 13.5. The molecule has 0 aliphatic carbocycles. The third-order valence-electron chi connectivity index (χ3n) is 3.71. The fourth-order valence-corrected chi connectivity index (χ4v) is 2.24. The SMILES string of the molecule is COc1ccc(C(=O)NNc2ncnc(Nc3ccc(F)c(F)c3)c2N)cc1. The Morgan fingerprint density at radius 3 is 2.43 bits per heavy atom. The number of hydrazine groups is 1. The third-order valence-corrected chi connectivity index (χ3v) is 3.71. The van der Waals surface area contributed by atoms with Gasteiger partial charge in [0.15, 0.2) is 23.3 Å². The molecule has 0 atom stereocenters. The van der Waals surface area contributed by atoms with Gasteiger partial charge in [-0.2, -0.15) is 0 Å². The zero-order valence-electron chi connectivity index (χ0n) is 14.7. The number of ether oxygens (including phenoxy) is 1. The van der Waals surface area contributed by atoms with Gasteiger partial charge in [-0.3, -0.25) is 15.6 Å². The summed E-state index contributed by atoms with van der Waals surface area (Å²) in [5, 5.41) is 2.76. The van der Waals surface area contributed by atoms with E-state index in [4.69, 9.17) is 10.5 Å². The Morgan fingerprint density at radius 2 is 1.75 bits per heavy atom. The molecule has 2 aromatic carbocycles. The summed E-state index contributed by atoms with van der Waals surface area (Å²) in [6.45, 7) is 0. The molecule has 0 radical (unpaired) electrons. The number of hydrogen-bond acceptors (Lipinski definition) is 7. The lowest BCUT2D eigenvalue weighted by molar-refractivity contribution is 0.0962. The average molecular weight is 386 g/mol. The number of nitrogens with two attached hydrogens (primary N) is 1. The molecule has 1 heterocycles. The molecule has 28 heavy (non-hydrogen) atoms. The second-order valence-electron chi connectivity index (χ2n) is 5.55. The topological polar surface area (TPSA) is 114 Å². The van der Waals surface area contributed by atoms with Crippen LogP contribution >= 0.6 is 0 Å². The Bertz CT molecular complexity index is 998. The largest absolute Gasteiger partial charge is 0.497 e. The van der Waals surface area contributed by atoms with Gasteiger partial charge in [-0.25, -0.2) is 18.7 Å². The van der Waals surface area contributed by atoms with E-state index >= 15 is 0 Å². The third kappa shape index (κ3) is 4.23. The van der Waals surface area contributed by atoms with Crippen molar-refractivity contribution >= 4 is 28.9 Å². The Balaban J connectivity index is 1.69. The molecule has 0 saturated heterocycles. The van der Waals surface area contributed by atoms with Crippen LogP contribution in [0.3, 0.4) is 0 Å². The van der Waals surface area contributed by atoms with Crippen LogP contribution in [0.1, 0.15) is 10.4 Å². The minimum absolute atomic E-state index is 0.0715. The Morgan fingerprint density at radius 1 is 1.04 bits per heavy atom. The summed E-state index contributed by atoms with van der Waals surface area (Å²) in [4.78, 5) is 20.1. The van der Waals surface area contributed by atoms with Crippen LogP contribution in [0.15, 0.2) is 48.8 Å². The molecule has 8 nitrogen and oxygen atoms in total. The Kier molecular flexibility index (Phi) is 5.49. The summed E-state index contributed by atoms with van der Waals surface area (Å²) in [6.07, 6.45) is 1.19. The zero-order valence-corrected chi connectivity index (χ0v) is 14.7. The van der Waals surface area contributed by atoms with Crippen LogP contribution in [0.25, 0.3) is 0 Å². The molecule has 3 aromatic rings. The number of rotatable bonds is 6. The molecular weight excluding hydrogens is 370 g/mol. The second-order valence-corrected chi connectivity index (χ2v) is 5.55. The smallest absolute Gasteiger partial charge is 0.269 e. The molecular formula is C18H16F2N6O2. The molecule has 0 aliphatic rings. The maximum Gasteiger partial charge on any atom is 0.269 e. The summed E-state index contributed by atoms with van der Waals surface area (Å²) in [6, 6.07) is 9.76. The number of amides is 1. The van der Waals surface area contributed by atoms with E-state index in [2.05, 4.69) is 26.1 Å². The van der Waals surface area contributed by atoms with Gasteiger partial charge in [0.2, 0.25) is 0 Å².